The lowest BCUT2D eigenvalue weighted by molar-refractivity contribution is -0.0136. The number of aliphatic hydroxyl groups is 1. The lowest BCUT2D eigenvalue weighted by Gasteiger charge is -2.31. The van der Waals surface area contributed by atoms with E-state index in [1.807, 2.05) is 4.68 Å². The maximum Gasteiger partial charge on any atom is 0.265 e. The number of hydrogen-bond donors (Lipinski definition) is 1. The van der Waals surface area contributed by atoms with E-state index in [9.17, 15) is 26.7 Å². The van der Waals surface area contributed by atoms with E-state index in [2.05, 4.69) is 12.0 Å². The van der Waals surface area contributed by atoms with E-state index in [4.69, 9.17) is 0 Å². The summed E-state index contributed by atoms with van der Waals surface area (Å²) in [5.74, 6) is -0.576. The van der Waals surface area contributed by atoms with Gasteiger partial charge in [0.25, 0.3) is 6.43 Å². The summed E-state index contributed by atoms with van der Waals surface area (Å²) in [6.45, 7) is 3.25. The van der Waals surface area contributed by atoms with Crippen molar-refractivity contribution in [2.24, 2.45) is 5.92 Å². The Hall–Kier alpha value is -2.17. The quantitative estimate of drug-likeness (QED) is 0.531. The highest BCUT2D eigenvalue weighted by Crippen LogP contribution is 2.47. The molecule has 1 heterocycles. The van der Waals surface area contributed by atoms with Crippen molar-refractivity contribution in [2.45, 2.75) is 58.0 Å². The molecule has 0 amide bonds. The lowest BCUT2D eigenvalue weighted by atomic mass is 9.80. The van der Waals surface area contributed by atoms with Crippen molar-refractivity contribution in [1.82, 2.24) is 14.1 Å². The molecular weight excluding hydrogens is 467 g/mol. The van der Waals surface area contributed by atoms with Gasteiger partial charge in [0.2, 0.25) is 10.0 Å². The zero-order valence-corrected chi connectivity index (χ0v) is 20.1. The van der Waals surface area contributed by atoms with E-state index >= 15 is 0 Å². The zero-order valence-electron chi connectivity index (χ0n) is 19.3. The number of aliphatic hydroxyl groups excluding tert-OH is 1. The van der Waals surface area contributed by atoms with Gasteiger partial charge in [0.1, 0.15) is 11.9 Å². The van der Waals surface area contributed by atoms with Gasteiger partial charge in [-0.1, -0.05) is 25.0 Å². The lowest BCUT2D eigenvalue weighted by Crippen LogP contribution is -2.43. The first kappa shape index (κ1) is 24.9. The molecule has 3 atom stereocenters. The Kier molecular flexibility index (Phi) is 7.21. The molecule has 0 saturated heterocycles. The average molecular weight is 498 g/mol. The minimum absolute atomic E-state index is 0.00352. The van der Waals surface area contributed by atoms with Gasteiger partial charge in [-0.15, -0.1) is 0 Å². The predicted molar refractivity (Wildman–Crippen MR) is 123 cm³/mol. The van der Waals surface area contributed by atoms with Crippen LogP contribution in [0.25, 0.3) is 5.69 Å². The largest absolute Gasteiger partial charge is 0.386 e. The summed E-state index contributed by atoms with van der Waals surface area (Å²) in [7, 11) is -3.77. The summed E-state index contributed by atoms with van der Waals surface area (Å²) in [6, 6.07) is 6.15. The van der Waals surface area contributed by atoms with Crippen LogP contribution < -0.4 is 0 Å². The Balaban J connectivity index is 1.60. The van der Waals surface area contributed by atoms with Gasteiger partial charge in [-0.25, -0.2) is 26.3 Å². The highest BCUT2D eigenvalue weighted by Gasteiger charge is 2.39. The highest BCUT2D eigenvalue weighted by molar-refractivity contribution is 7.89. The third kappa shape index (κ3) is 4.81. The van der Waals surface area contributed by atoms with Crippen LogP contribution in [-0.4, -0.2) is 59.0 Å². The molecule has 2 aliphatic rings. The van der Waals surface area contributed by atoms with Gasteiger partial charge < -0.3 is 5.11 Å². The fourth-order valence-corrected chi connectivity index (χ4v) is 6.86. The standard InChI is InChI=1S/C24H30F3N3O3S/c1-3-10-34(32,33)29(14-22(31)24(26)27)13-17-5-4-16-11-21-20(15(2)23(16)17)12-28-30(21)19-8-6-18(25)7-9-19/h6-9,12,15,17,22,24,31H,3-5,10-11,13-14H2,1-2H3/t15-,17+,22?/m0/s1. The number of halogens is 3. The molecule has 0 radical (unpaired) electrons. The van der Waals surface area contributed by atoms with Gasteiger partial charge in [-0.2, -0.15) is 9.40 Å². The van der Waals surface area contributed by atoms with Crippen LogP contribution in [0.4, 0.5) is 13.2 Å². The fraction of sp³-hybridized carbons (Fsp3) is 0.542. The molecule has 0 spiro atoms. The Morgan fingerprint density at radius 1 is 1.26 bits per heavy atom. The normalized spacial score (nSPS) is 21.3. The van der Waals surface area contributed by atoms with Crippen LogP contribution in [0.15, 0.2) is 41.6 Å². The number of nitrogens with zero attached hydrogens (tertiary/aromatic N) is 3. The smallest absolute Gasteiger partial charge is 0.265 e. The molecule has 0 saturated carbocycles. The van der Waals surface area contributed by atoms with E-state index in [1.165, 1.54) is 17.7 Å². The van der Waals surface area contributed by atoms with Crippen LogP contribution in [0, 0.1) is 11.7 Å². The second-order valence-corrected chi connectivity index (χ2v) is 11.3. The number of hydrogen-bond acceptors (Lipinski definition) is 4. The van der Waals surface area contributed by atoms with E-state index in [0.717, 1.165) is 39.7 Å². The topological polar surface area (TPSA) is 75.4 Å². The molecular formula is C24H30F3N3O3S. The molecule has 1 aromatic heterocycles. The maximum absolute atomic E-state index is 13.4. The third-order valence-corrected chi connectivity index (χ3v) is 8.90. The van der Waals surface area contributed by atoms with Crippen molar-refractivity contribution >= 4 is 10.0 Å². The Morgan fingerprint density at radius 2 is 1.97 bits per heavy atom. The monoisotopic (exact) mass is 497 g/mol. The van der Waals surface area contributed by atoms with E-state index in [0.29, 0.717) is 12.8 Å². The molecule has 2 aliphatic carbocycles. The molecule has 0 aliphatic heterocycles. The van der Waals surface area contributed by atoms with Crippen molar-refractivity contribution < 1.29 is 26.7 Å². The summed E-state index contributed by atoms with van der Waals surface area (Å²) in [6.07, 6.45) is -0.690. The molecule has 2 aromatic rings. The molecule has 6 nitrogen and oxygen atoms in total. The predicted octanol–water partition coefficient (Wildman–Crippen LogP) is 4.05. The van der Waals surface area contributed by atoms with Crippen molar-refractivity contribution in [3.63, 3.8) is 0 Å². The Bertz CT molecular complexity index is 1160. The first-order chi connectivity index (χ1) is 16.1. The van der Waals surface area contributed by atoms with Crippen molar-refractivity contribution in [2.75, 3.05) is 18.8 Å². The van der Waals surface area contributed by atoms with Crippen LogP contribution >= 0.6 is 0 Å². The minimum Gasteiger partial charge on any atom is -0.386 e. The first-order valence-corrected chi connectivity index (χ1v) is 13.2. The molecule has 186 valence electrons. The SMILES string of the molecule is CCCS(=O)(=O)N(CC(O)C(F)F)C[C@H]1CCC2=C1[C@@H](C)c1cnn(-c3ccc(F)cc3)c1C2. The van der Waals surface area contributed by atoms with Crippen molar-refractivity contribution in [3.05, 3.63) is 58.7 Å². The van der Waals surface area contributed by atoms with Crippen LogP contribution in [-0.2, 0) is 16.4 Å². The fourth-order valence-electron chi connectivity index (χ4n) is 5.30. The van der Waals surface area contributed by atoms with Gasteiger partial charge in [0, 0.05) is 31.0 Å². The summed E-state index contributed by atoms with van der Waals surface area (Å²) >= 11 is 0. The van der Waals surface area contributed by atoms with Crippen molar-refractivity contribution in [1.29, 1.82) is 0 Å². The molecule has 1 unspecified atom stereocenters. The van der Waals surface area contributed by atoms with Gasteiger partial charge >= 0.3 is 0 Å². The number of rotatable bonds is 9. The zero-order chi connectivity index (χ0) is 24.6. The van der Waals surface area contributed by atoms with Crippen LogP contribution in [0.5, 0.6) is 0 Å². The summed E-state index contributed by atoms with van der Waals surface area (Å²) in [5.41, 5.74) is 5.20. The van der Waals surface area contributed by atoms with Crippen LogP contribution in [0.1, 0.15) is 50.3 Å². The second-order valence-electron chi connectivity index (χ2n) is 9.16. The van der Waals surface area contributed by atoms with Crippen molar-refractivity contribution in [3.8, 4) is 5.69 Å². The van der Waals surface area contributed by atoms with Gasteiger partial charge in [0.15, 0.2) is 0 Å². The van der Waals surface area contributed by atoms with Gasteiger partial charge in [-0.3, -0.25) is 0 Å². The summed E-state index contributed by atoms with van der Waals surface area (Å²) < 4.78 is 67.9. The second kappa shape index (κ2) is 9.83. The first-order valence-electron chi connectivity index (χ1n) is 11.6. The minimum atomic E-state index is -3.77. The number of sulfonamides is 1. The summed E-state index contributed by atoms with van der Waals surface area (Å²) in [5, 5.41) is 14.3. The number of alkyl halides is 2. The molecule has 10 heteroatoms. The Morgan fingerprint density at radius 3 is 2.62 bits per heavy atom. The Labute approximate surface area is 198 Å². The molecule has 1 aromatic carbocycles. The van der Waals surface area contributed by atoms with E-state index in [-0.39, 0.29) is 30.0 Å². The number of aromatic nitrogens is 2. The molecule has 4 rings (SSSR count). The summed E-state index contributed by atoms with van der Waals surface area (Å²) in [4.78, 5) is 0. The number of fused-ring (bicyclic) bond motifs is 1. The molecule has 34 heavy (non-hydrogen) atoms. The highest BCUT2D eigenvalue weighted by atomic mass is 32.2. The molecule has 1 N–H and O–H groups in total. The maximum atomic E-state index is 13.4. The van der Waals surface area contributed by atoms with E-state index in [1.54, 1.807) is 25.3 Å². The number of allylic oxidation sites excluding steroid dienone is 1. The van der Waals surface area contributed by atoms with Crippen LogP contribution in [0.3, 0.4) is 0 Å². The number of benzene rings is 1. The van der Waals surface area contributed by atoms with Gasteiger partial charge in [-0.05, 0) is 49.4 Å². The molecule has 0 fully saturated rings. The van der Waals surface area contributed by atoms with E-state index < -0.39 is 29.1 Å². The molecule has 0 bridgehead atoms. The van der Waals surface area contributed by atoms with Crippen LogP contribution in [0.2, 0.25) is 0 Å². The average Bonchev–Trinajstić information content (AvgIpc) is 3.38. The van der Waals surface area contributed by atoms with Gasteiger partial charge in [0.05, 0.1) is 23.3 Å². The third-order valence-electron chi connectivity index (χ3n) is 6.89.